The topological polar surface area (TPSA) is 92.4 Å². The molecule has 0 saturated carbocycles. The number of amides is 1. The average Bonchev–Trinajstić information content (AvgIpc) is 1.56. The van der Waals surface area contributed by atoms with E-state index in [0.29, 0.717) is 6.42 Å². The lowest BCUT2D eigenvalue weighted by molar-refractivity contribution is -0.143. The Labute approximate surface area is 57.2 Å². The largest absolute Gasteiger partial charge is 0.480 e. The summed E-state index contributed by atoms with van der Waals surface area (Å²) in [6.07, 6.45) is 0.310. The summed E-state index contributed by atoms with van der Waals surface area (Å²) in [5.74, 6) is -1.42. The zero-order chi connectivity index (χ0) is 7.72. The van der Waals surface area contributed by atoms with E-state index in [1.165, 1.54) is 0 Å². The van der Waals surface area contributed by atoms with E-state index in [1.54, 1.807) is 0 Å². The molecule has 1 aliphatic rings. The van der Waals surface area contributed by atoms with Crippen LogP contribution in [0.2, 0.25) is 0 Å². The first-order chi connectivity index (χ1) is 4.61. The Bertz CT molecular complexity index is 156. The molecule has 0 bridgehead atoms. The fourth-order valence-electron chi connectivity index (χ4n) is 0.825. The number of hydrogen-bond acceptors (Lipinski definition) is 3. The van der Waals surface area contributed by atoms with Crippen LogP contribution in [0.1, 0.15) is 6.42 Å². The number of carboxylic acids is 1. The van der Waals surface area contributed by atoms with Crippen molar-refractivity contribution in [2.75, 3.05) is 0 Å². The van der Waals surface area contributed by atoms with Gasteiger partial charge in [0, 0.05) is 0 Å². The average molecular weight is 144 g/mol. The molecule has 0 aliphatic carbocycles. The van der Waals surface area contributed by atoms with E-state index in [4.69, 9.17) is 10.8 Å². The lowest BCUT2D eigenvalue weighted by Gasteiger charge is -2.31. The monoisotopic (exact) mass is 144 g/mol. The summed E-state index contributed by atoms with van der Waals surface area (Å²) in [4.78, 5) is 20.5. The van der Waals surface area contributed by atoms with Crippen LogP contribution in [0.25, 0.3) is 0 Å². The molecule has 1 rings (SSSR count). The number of carbonyl (C=O) groups excluding carboxylic acids is 1. The highest BCUT2D eigenvalue weighted by molar-refractivity contribution is 5.85. The second kappa shape index (κ2) is 2.26. The van der Waals surface area contributed by atoms with Crippen LogP contribution in [0.4, 0.5) is 0 Å². The Balaban J connectivity index is 2.31. The van der Waals surface area contributed by atoms with Crippen molar-refractivity contribution in [1.82, 2.24) is 5.32 Å². The van der Waals surface area contributed by atoms with Gasteiger partial charge < -0.3 is 10.8 Å². The van der Waals surface area contributed by atoms with Crippen LogP contribution in [0.3, 0.4) is 0 Å². The Morgan fingerprint density at radius 3 is 2.30 bits per heavy atom. The fourth-order valence-corrected chi connectivity index (χ4v) is 0.825. The number of carboxylic acid groups (broad SMARTS) is 1. The zero-order valence-corrected chi connectivity index (χ0v) is 5.20. The van der Waals surface area contributed by atoms with Crippen LogP contribution in [0.5, 0.6) is 0 Å². The van der Waals surface area contributed by atoms with E-state index < -0.39 is 24.0 Å². The van der Waals surface area contributed by atoms with Crippen LogP contribution >= 0.6 is 0 Å². The summed E-state index contributed by atoms with van der Waals surface area (Å²) >= 11 is 0. The normalized spacial score (nSPS) is 30.8. The van der Waals surface area contributed by atoms with Gasteiger partial charge in [-0.3, -0.25) is 14.9 Å². The van der Waals surface area contributed by atoms with Gasteiger partial charge in [0.1, 0.15) is 6.04 Å². The lowest BCUT2D eigenvalue weighted by atomic mass is 9.97. The van der Waals surface area contributed by atoms with E-state index in [2.05, 4.69) is 5.32 Å². The number of nitrogens with two attached hydrogens (primary N) is 1. The predicted molar refractivity (Wildman–Crippen MR) is 32.2 cm³/mol. The minimum Gasteiger partial charge on any atom is -0.480 e. The van der Waals surface area contributed by atoms with Gasteiger partial charge in [0.2, 0.25) is 5.91 Å². The Morgan fingerprint density at radius 2 is 2.00 bits per heavy atom. The Kier molecular flexibility index (Phi) is 1.58. The van der Waals surface area contributed by atoms with Gasteiger partial charge in [0.25, 0.3) is 0 Å². The highest BCUT2D eigenvalue weighted by atomic mass is 16.4. The lowest BCUT2D eigenvalue weighted by Crippen LogP contribution is -2.61. The smallest absolute Gasteiger partial charge is 0.320 e. The van der Waals surface area contributed by atoms with Crippen molar-refractivity contribution in [1.29, 1.82) is 0 Å². The molecular formula is C5H8N2O3. The second-order valence-corrected chi connectivity index (χ2v) is 2.25. The van der Waals surface area contributed by atoms with E-state index in [1.807, 2.05) is 0 Å². The molecular weight excluding hydrogens is 136 g/mol. The van der Waals surface area contributed by atoms with Gasteiger partial charge >= 0.3 is 5.97 Å². The van der Waals surface area contributed by atoms with Gasteiger partial charge in [-0.1, -0.05) is 0 Å². The number of hydrogen-bond donors (Lipinski definition) is 3. The molecule has 1 fully saturated rings. The molecule has 1 amide bonds. The van der Waals surface area contributed by atoms with E-state index in [0.717, 1.165) is 0 Å². The second-order valence-electron chi connectivity index (χ2n) is 2.25. The molecule has 1 aliphatic heterocycles. The summed E-state index contributed by atoms with van der Waals surface area (Å²) in [5.41, 5.74) is 4.87. The van der Waals surface area contributed by atoms with Crippen molar-refractivity contribution in [3.05, 3.63) is 0 Å². The minimum absolute atomic E-state index is 0.310. The summed E-state index contributed by atoms with van der Waals surface area (Å²) in [6, 6.07) is -1.03. The summed E-state index contributed by atoms with van der Waals surface area (Å²) < 4.78 is 0. The van der Waals surface area contributed by atoms with Gasteiger partial charge in [-0.05, 0) is 6.42 Å². The SMILES string of the molecule is NC(=O)C1C[C@@H](C(=O)O)N1. The number of aliphatic carboxylic acids is 1. The summed E-state index contributed by atoms with van der Waals surface area (Å²) in [5, 5.41) is 10.8. The quantitative estimate of drug-likeness (QED) is 0.430. The molecule has 0 aromatic carbocycles. The van der Waals surface area contributed by atoms with Crippen LogP contribution in [0.15, 0.2) is 0 Å². The van der Waals surface area contributed by atoms with E-state index in [-0.39, 0.29) is 0 Å². The van der Waals surface area contributed by atoms with E-state index in [9.17, 15) is 9.59 Å². The van der Waals surface area contributed by atoms with Crippen LogP contribution < -0.4 is 11.1 Å². The van der Waals surface area contributed by atoms with Crippen molar-refractivity contribution >= 4 is 11.9 Å². The Morgan fingerprint density at radius 1 is 1.50 bits per heavy atom. The first-order valence-corrected chi connectivity index (χ1v) is 2.89. The molecule has 5 heteroatoms. The van der Waals surface area contributed by atoms with Gasteiger partial charge in [-0.15, -0.1) is 0 Å². The zero-order valence-electron chi connectivity index (χ0n) is 5.20. The molecule has 1 unspecified atom stereocenters. The maximum absolute atomic E-state index is 10.3. The number of primary amides is 1. The number of nitrogens with one attached hydrogen (secondary N) is 1. The maximum atomic E-state index is 10.3. The molecule has 0 aromatic rings. The highest BCUT2D eigenvalue weighted by Crippen LogP contribution is 2.10. The Hall–Kier alpha value is -1.10. The van der Waals surface area contributed by atoms with E-state index >= 15 is 0 Å². The highest BCUT2D eigenvalue weighted by Gasteiger charge is 2.36. The minimum atomic E-state index is -0.933. The van der Waals surface area contributed by atoms with Crippen molar-refractivity contribution in [3.8, 4) is 0 Å². The van der Waals surface area contributed by atoms with Crippen LogP contribution in [0, 0.1) is 0 Å². The maximum Gasteiger partial charge on any atom is 0.320 e. The third-order valence-corrected chi connectivity index (χ3v) is 1.52. The summed E-state index contributed by atoms with van der Waals surface area (Å²) in [6.45, 7) is 0. The molecule has 56 valence electrons. The molecule has 4 N–H and O–H groups in total. The van der Waals surface area contributed by atoms with Crippen LogP contribution in [-0.2, 0) is 9.59 Å². The first kappa shape index (κ1) is 7.01. The molecule has 0 spiro atoms. The third-order valence-electron chi connectivity index (χ3n) is 1.52. The molecule has 10 heavy (non-hydrogen) atoms. The number of carbonyl (C=O) groups is 2. The van der Waals surface area contributed by atoms with Crippen molar-refractivity contribution < 1.29 is 14.7 Å². The molecule has 1 saturated heterocycles. The molecule has 1 heterocycles. The van der Waals surface area contributed by atoms with Gasteiger partial charge in [-0.2, -0.15) is 0 Å². The standard InChI is InChI=1S/C5H8N2O3/c6-4(8)2-1-3(7-2)5(9)10/h2-3,7H,1H2,(H2,6,8)(H,9,10)/t2?,3-/m0/s1. The molecule has 2 atom stereocenters. The first-order valence-electron chi connectivity index (χ1n) is 2.89. The van der Waals surface area contributed by atoms with Gasteiger partial charge in [-0.25, -0.2) is 0 Å². The van der Waals surface area contributed by atoms with Crippen LogP contribution in [-0.4, -0.2) is 29.1 Å². The fraction of sp³-hybridized carbons (Fsp3) is 0.600. The van der Waals surface area contributed by atoms with Crippen molar-refractivity contribution in [2.24, 2.45) is 5.73 Å². The molecule has 0 aromatic heterocycles. The number of rotatable bonds is 2. The molecule has 5 nitrogen and oxygen atoms in total. The van der Waals surface area contributed by atoms with Gasteiger partial charge in [0.05, 0.1) is 6.04 Å². The third kappa shape index (κ3) is 1.08. The van der Waals surface area contributed by atoms with Gasteiger partial charge in [0.15, 0.2) is 0 Å². The predicted octanol–water partition coefficient (Wildman–Crippen LogP) is -1.71. The molecule has 0 radical (unpaired) electrons. The van der Waals surface area contributed by atoms with Crippen molar-refractivity contribution in [2.45, 2.75) is 18.5 Å². The van der Waals surface area contributed by atoms with Crippen molar-refractivity contribution in [3.63, 3.8) is 0 Å². The summed E-state index contributed by atoms with van der Waals surface area (Å²) in [7, 11) is 0.